The van der Waals surface area contributed by atoms with Crippen LogP contribution in [-0.2, 0) is 6.54 Å². The maximum absolute atomic E-state index is 11.3. The third-order valence-electron chi connectivity index (χ3n) is 2.14. The highest BCUT2D eigenvalue weighted by molar-refractivity contribution is 5.58. The third-order valence-corrected chi connectivity index (χ3v) is 2.14. The van der Waals surface area contributed by atoms with Crippen LogP contribution in [0.4, 0.5) is 5.69 Å². The molecular formula is C8H8N4O3. The molecule has 0 bridgehead atoms. The summed E-state index contributed by atoms with van der Waals surface area (Å²) in [6.07, 6.45) is 2.61. The van der Waals surface area contributed by atoms with Crippen LogP contribution in [0.2, 0.25) is 0 Å². The highest BCUT2D eigenvalue weighted by atomic mass is 16.6. The smallest absolute Gasteiger partial charge is 0.327 e. The van der Waals surface area contributed by atoms with Gasteiger partial charge in [-0.05, 0) is 6.92 Å². The largest absolute Gasteiger partial charge is 0.331 e. The Labute approximate surface area is 83.7 Å². The van der Waals surface area contributed by atoms with Crippen LogP contribution in [-0.4, -0.2) is 19.1 Å². The quantitative estimate of drug-likeness (QED) is 0.529. The minimum Gasteiger partial charge on any atom is -0.327 e. The molecule has 0 spiro atoms. The van der Waals surface area contributed by atoms with Gasteiger partial charge in [0.25, 0.3) is 5.56 Å². The Balaban J connectivity index is 2.93. The molecule has 0 aromatic carbocycles. The second-order valence-corrected chi connectivity index (χ2v) is 2.96. The van der Waals surface area contributed by atoms with Crippen molar-refractivity contribution in [1.82, 2.24) is 14.2 Å². The first-order chi connectivity index (χ1) is 7.15. The number of nitro groups is 1. The lowest BCUT2D eigenvalue weighted by molar-refractivity contribution is -0.383. The minimum atomic E-state index is -0.548. The molecule has 0 fully saturated rings. The Morgan fingerprint density at radius 2 is 2.33 bits per heavy atom. The van der Waals surface area contributed by atoms with Crippen molar-refractivity contribution in [3.8, 4) is 0 Å². The normalized spacial score (nSPS) is 10.7. The number of rotatable bonds is 2. The fraction of sp³-hybridized carbons (Fsp3) is 0.250. The number of fused-ring (bicyclic) bond motifs is 1. The predicted octanol–water partition coefficient (Wildman–Crippen LogP) is 0.424. The van der Waals surface area contributed by atoms with Crippen LogP contribution >= 0.6 is 0 Å². The van der Waals surface area contributed by atoms with E-state index in [0.29, 0.717) is 6.54 Å². The zero-order chi connectivity index (χ0) is 11.0. The molecule has 2 aromatic rings. The van der Waals surface area contributed by atoms with E-state index >= 15 is 0 Å². The Bertz CT molecular complexity index is 583. The lowest BCUT2D eigenvalue weighted by Gasteiger charge is -2.03. The van der Waals surface area contributed by atoms with Crippen LogP contribution in [0.1, 0.15) is 6.92 Å². The van der Waals surface area contributed by atoms with Gasteiger partial charge in [0.05, 0.1) is 4.92 Å². The van der Waals surface area contributed by atoms with Gasteiger partial charge in [0.15, 0.2) is 0 Å². The van der Waals surface area contributed by atoms with Gasteiger partial charge in [-0.3, -0.25) is 14.9 Å². The summed E-state index contributed by atoms with van der Waals surface area (Å²) in [5.74, 6) is 0. The Hall–Kier alpha value is -2.18. The van der Waals surface area contributed by atoms with Crippen LogP contribution in [0.3, 0.4) is 0 Å². The van der Waals surface area contributed by atoms with E-state index in [9.17, 15) is 14.9 Å². The lowest BCUT2D eigenvalue weighted by Crippen LogP contribution is -2.16. The molecule has 2 rings (SSSR count). The van der Waals surface area contributed by atoms with Crippen molar-refractivity contribution in [1.29, 1.82) is 0 Å². The monoisotopic (exact) mass is 208 g/mol. The van der Waals surface area contributed by atoms with E-state index in [4.69, 9.17) is 0 Å². The summed E-state index contributed by atoms with van der Waals surface area (Å²) < 4.78 is 2.63. The Morgan fingerprint density at radius 3 is 2.93 bits per heavy atom. The van der Waals surface area contributed by atoms with Crippen LogP contribution in [0, 0.1) is 10.1 Å². The molecule has 0 saturated carbocycles. The van der Waals surface area contributed by atoms with Gasteiger partial charge in [-0.15, -0.1) is 0 Å². The van der Waals surface area contributed by atoms with Crippen molar-refractivity contribution in [2.75, 3.05) is 0 Å². The Kier molecular flexibility index (Phi) is 2.00. The summed E-state index contributed by atoms with van der Waals surface area (Å²) in [5.41, 5.74) is -0.313. The summed E-state index contributed by atoms with van der Waals surface area (Å²) in [7, 11) is 0. The van der Waals surface area contributed by atoms with E-state index in [-0.39, 0.29) is 16.9 Å². The molecule has 0 aliphatic heterocycles. The average Bonchev–Trinajstić information content (AvgIpc) is 2.64. The zero-order valence-corrected chi connectivity index (χ0v) is 7.95. The number of hydrogen-bond acceptors (Lipinski definition) is 4. The van der Waals surface area contributed by atoms with E-state index in [1.54, 1.807) is 4.57 Å². The van der Waals surface area contributed by atoms with Crippen LogP contribution in [0.15, 0.2) is 23.3 Å². The van der Waals surface area contributed by atoms with E-state index in [2.05, 4.69) is 5.10 Å². The molecule has 0 atom stereocenters. The van der Waals surface area contributed by atoms with Gasteiger partial charge in [0, 0.05) is 18.8 Å². The SMILES string of the molecule is CCn1ccc(=O)n2ncc([N+](=O)[O-])c12. The van der Waals surface area contributed by atoms with Crippen LogP contribution in [0.5, 0.6) is 0 Å². The number of hydrogen-bond donors (Lipinski definition) is 0. The highest BCUT2D eigenvalue weighted by Crippen LogP contribution is 2.16. The Morgan fingerprint density at radius 1 is 1.60 bits per heavy atom. The predicted molar refractivity (Wildman–Crippen MR) is 51.8 cm³/mol. The fourth-order valence-corrected chi connectivity index (χ4v) is 1.44. The minimum absolute atomic E-state index is 0.158. The van der Waals surface area contributed by atoms with Crippen molar-refractivity contribution in [3.05, 3.63) is 38.9 Å². The topological polar surface area (TPSA) is 82.4 Å². The van der Waals surface area contributed by atoms with Crippen molar-refractivity contribution in [2.24, 2.45) is 0 Å². The number of nitrogens with zero attached hydrogens (tertiary/aromatic N) is 4. The van der Waals surface area contributed by atoms with Gasteiger partial charge in [-0.25, -0.2) is 0 Å². The standard InChI is InChI=1S/C8H8N4O3/c1-2-10-4-3-7(13)11-8(10)6(5-9-11)12(14)15/h3-5H,2H2,1H3. The van der Waals surface area contributed by atoms with Crippen molar-refractivity contribution >= 4 is 11.3 Å². The average molecular weight is 208 g/mol. The van der Waals surface area contributed by atoms with E-state index < -0.39 is 4.92 Å². The van der Waals surface area contributed by atoms with E-state index in [1.165, 1.54) is 12.3 Å². The summed E-state index contributed by atoms with van der Waals surface area (Å²) in [4.78, 5) is 21.5. The van der Waals surface area contributed by atoms with Crippen molar-refractivity contribution in [2.45, 2.75) is 13.5 Å². The van der Waals surface area contributed by atoms with Gasteiger partial charge < -0.3 is 4.57 Å². The summed E-state index contributed by atoms with van der Waals surface area (Å²) >= 11 is 0. The molecule has 0 amide bonds. The fourth-order valence-electron chi connectivity index (χ4n) is 1.44. The van der Waals surface area contributed by atoms with Crippen molar-refractivity contribution < 1.29 is 4.92 Å². The zero-order valence-electron chi connectivity index (χ0n) is 7.95. The first kappa shape index (κ1) is 9.38. The van der Waals surface area contributed by atoms with E-state index in [1.807, 2.05) is 6.92 Å². The van der Waals surface area contributed by atoms with E-state index in [0.717, 1.165) is 10.7 Å². The maximum Gasteiger partial charge on any atom is 0.331 e. The van der Waals surface area contributed by atoms with Gasteiger partial charge in [0.1, 0.15) is 6.20 Å². The van der Waals surface area contributed by atoms with Gasteiger partial charge in [0.2, 0.25) is 5.65 Å². The molecule has 0 aliphatic rings. The summed E-state index contributed by atoms with van der Waals surface area (Å²) in [5, 5.41) is 14.4. The first-order valence-electron chi connectivity index (χ1n) is 4.36. The maximum atomic E-state index is 11.3. The second-order valence-electron chi connectivity index (χ2n) is 2.96. The molecule has 7 nitrogen and oxygen atoms in total. The first-order valence-corrected chi connectivity index (χ1v) is 4.36. The number of aryl methyl sites for hydroxylation is 1. The lowest BCUT2D eigenvalue weighted by atomic mass is 10.5. The number of aromatic nitrogens is 3. The van der Waals surface area contributed by atoms with Gasteiger partial charge in [-0.1, -0.05) is 0 Å². The molecule has 0 aliphatic carbocycles. The summed E-state index contributed by atoms with van der Waals surface area (Å²) in [6.45, 7) is 2.37. The molecule has 0 unspecified atom stereocenters. The molecule has 2 aromatic heterocycles. The van der Waals surface area contributed by atoms with Crippen LogP contribution in [0.25, 0.3) is 5.65 Å². The molecule has 78 valence electrons. The second kappa shape index (κ2) is 3.19. The molecule has 0 radical (unpaired) electrons. The molecule has 0 N–H and O–H groups in total. The molecular weight excluding hydrogens is 200 g/mol. The van der Waals surface area contributed by atoms with Crippen molar-refractivity contribution in [3.63, 3.8) is 0 Å². The van der Waals surface area contributed by atoms with Gasteiger partial charge in [-0.2, -0.15) is 9.61 Å². The van der Waals surface area contributed by atoms with Gasteiger partial charge >= 0.3 is 5.69 Å². The highest BCUT2D eigenvalue weighted by Gasteiger charge is 2.18. The summed E-state index contributed by atoms with van der Waals surface area (Å²) in [6, 6.07) is 1.33. The third kappa shape index (κ3) is 1.28. The van der Waals surface area contributed by atoms with Crippen LogP contribution < -0.4 is 5.56 Å². The molecule has 15 heavy (non-hydrogen) atoms. The molecule has 7 heteroatoms. The molecule has 0 saturated heterocycles. The molecule has 2 heterocycles.